The van der Waals surface area contributed by atoms with E-state index in [0.29, 0.717) is 0 Å². The molecule has 0 bridgehead atoms. The van der Waals surface area contributed by atoms with E-state index in [1.54, 1.807) is 0 Å². The van der Waals surface area contributed by atoms with Crippen molar-refractivity contribution >= 4 is 91.7 Å². The first kappa shape index (κ1) is 27.2. The van der Waals surface area contributed by atoms with Crippen LogP contribution in [0, 0.1) is 0 Å². The van der Waals surface area contributed by atoms with Gasteiger partial charge in [0.25, 0.3) is 0 Å². The highest BCUT2D eigenvalue weighted by atomic mass is 32.1. The van der Waals surface area contributed by atoms with Crippen LogP contribution in [0.3, 0.4) is 0 Å². The minimum atomic E-state index is 1.13. The number of thiophene rings is 1. The van der Waals surface area contributed by atoms with Crippen LogP contribution in [-0.4, -0.2) is 0 Å². The van der Waals surface area contributed by atoms with Crippen LogP contribution in [-0.2, 0) is 0 Å². The third-order valence-corrected chi connectivity index (χ3v) is 11.0. The molecule has 0 aliphatic heterocycles. The van der Waals surface area contributed by atoms with Gasteiger partial charge in [-0.25, -0.2) is 0 Å². The van der Waals surface area contributed by atoms with Gasteiger partial charge in [-0.2, -0.15) is 0 Å². The average Bonchev–Trinajstić information content (AvgIpc) is 3.53. The molecule has 0 amide bonds. The molecule has 0 radical (unpaired) electrons. The minimum Gasteiger partial charge on any atom is -0.310 e. The van der Waals surface area contributed by atoms with Crippen LogP contribution in [0.1, 0.15) is 0 Å². The van der Waals surface area contributed by atoms with Gasteiger partial charge in [0.05, 0.1) is 5.69 Å². The second-order valence-corrected chi connectivity index (χ2v) is 13.6. The Morgan fingerprint density at radius 2 is 0.917 bits per heavy atom. The molecule has 10 aromatic rings. The Bertz CT molecular complexity index is 2840. The zero-order valence-electron chi connectivity index (χ0n) is 26.1. The summed E-state index contributed by atoms with van der Waals surface area (Å²) in [6, 6.07) is 64.6. The highest BCUT2D eigenvalue weighted by Gasteiger charge is 2.18. The van der Waals surface area contributed by atoms with E-state index < -0.39 is 0 Å². The third kappa shape index (κ3) is 4.31. The molecule has 1 aromatic heterocycles. The van der Waals surface area contributed by atoms with Crippen LogP contribution in [0.2, 0.25) is 0 Å². The summed E-state index contributed by atoms with van der Waals surface area (Å²) in [6.45, 7) is 0. The predicted molar refractivity (Wildman–Crippen MR) is 209 cm³/mol. The lowest BCUT2D eigenvalue weighted by Crippen LogP contribution is -2.10. The monoisotopic (exact) mass is 627 g/mol. The van der Waals surface area contributed by atoms with Crippen LogP contribution in [0.15, 0.2) is 176 Å². The summed E-state index contributed by atoms with van der Waals surface area (Å²) < 4.78 is 2.63. The summed E-state index contributed by atoms with van der Waals surface area (Å²) in [5, 5.41) is 12.7. The third-order valence-electron chi connectivity index (χ3n) is 9.83. The second-order valence-electron chi connectivity index (χ2n) is 12.5. The van der Waals surface area contributed by atoms with Crippen molar-refractivity contribution in [3.63, 3.8) is 0 Å². The van der Waals surface area contributed by atoms with Crippen molar-refractivity contribution in [3.8, 4) is 11.1 Å². The molecule has 0 aliphatic carbocycles. The summed E-state index contributed by atoms with van der Waals surface area (Å²) in [5.41, 5.74) is 5.88. The Morgan fingerprint density at radius 1 is 0.312 bits per heavy atom. The molecule has 0 atom stereocenters. The Balaban J connectivity index is 1.18. The van der Waals surface area contributed by atoms with Crippen molar-refractivity contribution in [1.29, 1.82) is 0 Å². The molecule has 48 heavy (non-hydrogen) atoms. The maximum Gasteiger partial charge on any atom is 0.0540 e. The van der Waals surface area contributed by atoms with Gasteiger partial charge in [0.15, 0.2) is 0 Å². The van der Waals surface area contributed by atoms with E-state index in [9.17, 15) is 0 Å². The van der Waals surface area contributed by atoms with Gasteiger partial charge in [-0.15, -0.1) is 11.3 Å². The predicted octanol–water partition coefficient (Wildman–Crippen LogP) is 13.8. The molecule has 0 fully saturated rings. The highest BCUT2D eigenvalue weighted by molar-refractivity contribution is 7.25. The van der Waals surface area contributed by atoms with Gasteiger partial charge in [0.2, 0.25) is 0 Å². The zero-order valence-corrected chi connectivity index (χ0v) is 26.9. The fourth-order valence-corrected chi connectivity index (χ4v) is 8.57. The number of nitrogens with zero attached hydrogens (tertiary/aromatic N) is 1. The van der Waals surface area contributed by atoms with Crippen LogP contribution in [0.5, 0.6) is 0 Å². The van der Waals surface area contributed by atoms with E-state index in [2.05, 4.69) is 181 Å². The van der Waals surface area contributed by atoms with E-state index >= 15 is 0 Å². The zero-order chi connectivity index (χ0) is 31.6. The lowest BCUT2D eigenvalue weighted by Gasteiger charge is -2.27. The quantitative estimate of drug-likeness (QED) is 0.176. The fraction of sp³-hybridized carbons (Fsp3) is 0. The molecule has 2 heteroatoms. The van der Waals surface area contributed by atoms with Crippen molar-refractivity contribution in [2.75, 3.05) is 4.90 Å². The van der Waals surface area contributed by atoms with Crippen LogP contribution < -0.4 is 4.90 Å². The van der Waals surface area contributed by atoms with E-state index in [4.69, 9.17) is 0 Å². The normalized spacial score (nSPS) is 11.8. The molecular formula is C46H29NS. The second kappa shape index (κ2) is 10.8. The first-order chi connectivity index (χ1) is 23.8. The number of anilines is 3. The molecule has 0 saturated heterocycles. The van der Waals surface area contributed by atoms with Crippen molar-refractivity contribution in [2.24, 2.45) is 0 Å². The first-order valence-electron chi connectivity index (χ1n) is 16.4. The van der Waals surface area contributed by atoms with E-state index in [0.717, 1.165) is 11.4 Å². The maximum atomic E-state index is 2.44. The van der Waals surface area contributed by atoms with Crippen molar-refractivity contribution in [1.82, 2.24) is 0 Å². The lowest BCUT2D eigenvalue weighted by atomic mass is 9.96. The molecule has 9 aromatic carbocycles. The fourth-order valence-electron chi connectivity index (χ4n) is 7.49. The molecule has 0 unspecified atom stereocenters. The molecule has 0 aliphatic rings. The number of rotatable bonds is 4. The standard InChI is InChI=1S/C46H29NS/c1-2-10-33-28-34(17-16-30(33)8-1)31-18-21-35(22-19-31)47(36-23-27-46-43(29-36)42-12-5-6-15-45(42)48-46)44-14-7-13-38-40-24-20-32-9-3-4-11-37(32)39(40)25-26-41(38)44/h1-29H. The van der Waals surface area contributed by atoms with Gasteiger partial charge in [-0.1, -0.05) is 127 Å². The molecule has 0 saturated carbocycles. The van der Waals surface area contributed by atoms with E-state index in [-0.39, 0.29) is 0 Å². The summed E-state index contributed by atoms with van der Waals surface area (Å²) in [7, 11) is 0. The van der Waals surface area contributed by atoms with E-state index in [1.807, 2.05) is 11.3 Å². The summed E-state index contributed by atoms with van der Waals surface area (Å²) in [5.74, 6) is 0. The first-order valence-corrected chi connectivity index (χ1v) is 17.2. The Labute approximate surface area is 282 Å². The van der Waals surface area contributed by atoms with Gasteiger partial charge in [-0.05, 0) is 97.4 Å². The lowest BCUT2D eigenvalue weighted by molar-refractivity contribution is 1.31. The Kier molecular flexibility index (Phi) is 6.12. The summed E-state index contributed by atoms with van der Waals surface area (Å²) >= 11 is 1.86. The maximum absolute atomic E-state index is 2.44. The Hall–Kier alpha value is -5.96. The van der Waals surface area contributed by atoms with Crippen LogP contribution >= 0.6 is 11.3 Å². The van der Waals surface area contributed by atoms with Gasteiger partial charge in [0, 0.05) is 36.9 Å². The van der Waals surface area contributed by atoms with Crippen molar-refractivity contribution in [2.45, 2.75) is 0 Å². The van der Waals surface area contributed by atoms with Crippen molar-refractivity contribution in [3.05, 3.63) is 176 Å². The molecule has 10 rings (SSSR count). The van der Waals surface area contributed by atoms with Crippen molar-refractivity contribution < 1.29 is 0 Å². The molecule has 1 nitrogen and oxygen atoms in total. The molecule has 0 N–H and O–H groups in total. The summed E-state index contributed by atoms with van der Waals surface area (Å²) in [6.07, 6.45) is 0. The van der Waals surface area contributed by atoms with Gasteiger partial charge < -0.3 is 4.90 Å². The smallest absolute Gasteiger partial charge is 0.0540 e. The largest absolute Gasteiger partial charge is 0.310 e. The van der Waals surface area contributed by atoms with Gasteiger partial charge >= 0.3 is 0 Å². The summed E-state index contributed by atoms with van der Waals surface area (Å²) in [4.78, 5) is 2.44. The number of benzene rings is 9. The van der Waals surface area contributed by atoms with Gasteiger partial charge in [0.1, 0.15) is 0 Å². The molecule has 224 valence electrons. The Morgan fingerprint density at radius 3 is 1.81 bits per heavy atom. The SMILES string of the molecule is c1ccc2cc(-c3ccc(N(c4ccc5sc6ccccc6c5c4)c4cccc5c4ccc4c6ccccc6ccc54)cc3)ccc2c1. The molecule has 1 heterocycles. The van der Waals surface area contributed by atoms with Crippen LogP contribution in [0.4, 0.5) is 17.1 Å². The van der Waals surface area contributed by atoms with E-state index in [1.165, 1.54) is 80.1 Å². The molecule has 0 spiro atoms. The highest BCUT2D eigenvalue weighted by Crippen LogP contribution is 2.44. The van der Waals surface area contributed by atoms with Gasteiger partial charge in [-0.3, -0.25) is 0 Å². The number of hydrogen-bond acceptors (Lipinski definition) is 2. The molecular weight excluding hydrogens is 599 g/mol. The topological polar surface area (TPSA) is 3.24 Å². The van der Waals surface area contributed by atoms with Crippen LogP contribution in [0.25, 0.3) is 74.4 Å². The number of hydrogen-bond donors (Lipinski definition) is 0. The minimum absolute atomic E-state index is 1.13. The average molecular weight is 628 g/mol. The number of fused-ring (bicyclic) bond motifs is 9.